The maximum absolute atomic E-state index is 10.7. The molecule has 1 aromatic heterocycles. The van der Waals surface area contributed by atoms with E-state index in [2.05, 4.69) is 18.1 Å². The molecule has 0 saturated heterocycles. The Labute approximate surface area is 129 Å². The quantitative estimate of drug-likeness (QED) is 0.335. The molecule has 0 amide bonds. The van der Waals surface area contributed by atoms with Crippen LogP contribution in [-0.4, -0.2) is 16.5 Å². The minimum absolute atomic E-state index is 0.0960. The minimum Gasteiger partial charge on any atom is -0.482 e. The molecule has 0 fully saturated rings. The van der Waals surface area contributed by atoms with Gasteiger partial charge in [-0.05, 0) is 13.0 Å². The van der Waals surface area contributed by atoms with Crippen molar-refractivity contribution < 1.29 is 9.66 Å². The van der Waals surface area contributed by atoms with Crippen molar-refractivity contribution in [2.45, 2.75) is 6.92 Å². The molecule has 0 radical (unpaired) electrons. The van der Waals surface area contributed by atoms with Crippen LogP contribution < -0.4 is 4.74 Å². The van der Waals surface area contributed by atoms with Crippen LogP contribution in [-0.2, 0) is 0 Å². The van der Waals surface area contributed by atoms with Gasteiger partial charge in [0.2, 0.25) is 10.9 Å². The molecule has 0 atom stereocenters. The molecule has 1 aromatic rings. The van der Waals surface area contributed by atoms with Crippen LogP contribution in [0.25, 0.3) is 0 Å². The molecule has 0 aliphatic carbocycles. The largest absolute Gasteiger partial charge is 0.482 e. The van der Waals surface area contributed by atoms with Gasteiger partial charge in [-0.25, -0.2) is 4.98 Å². The Hall–Kier alpha value is -2.40. The lowest BCUT2D eigenvalue weighted by atomic mass is 10.4. The molecule has 0 aliphatic rings. The van der Waals surface area contributed by atoms with Crippen molar-refractivity contribution >= 4 is 17.3 Å². The number of nitro groups is 1. The Kier molecular flexibility index (Phi) is 10.1. The van der Waals surface area contributed by atoms with E-state index >= 15 is 0 Å². The SMILES string of the molecule is C=C/C=C\C.C=C/C=C\COc1ccnc(Cl)c1[N+](=O)[O-]. The highest BCUT2D eigenvalue weighted by Gasteiger charge is 2.20. The second kappa shape index (κ2) is 11.4. The molecule has 21 heavy (non-hydrogen) atoms. The van der Waals surface area contributed by atoms with Crippen molar-refractivity contribution in [2.24, 2.45) is 0 Å². The first-order valence-electron chi connectivity index (χ1n) is 6.01. The molecule has 6 heteroatoms. The van der Waals surface area contributed by atoms with Gasteiger partial charge in [0.1, 0.15) is 6.61 Å². The summed E-state index contributed by atoms with van der Waals surface area (Å²) in [5, 5.41) is 10.5. The molecule has 5 nitrogen and oxygen atoms in total. The standard InChI is InChI=1S/C10H9ClN2O3.C5H8/c1-2-3-4-7-16-8-5-6-12-10(11)9(8)13(14)15;1-3-5-4-2/h2-6H,1,7H2;3-5H,1H2,2H3/b4-3-;5-4-. The predicted octanol–water partition coefficient (Wildman–Crippen LogP) is 4.51. The fourth-order valence-electron chi connectivity index (χ4n) is 1.12. The van der Waals surface area contributed by atoms with E-state index in [9.17, 15) is 10.1 Å². The lowest BCUT2D eigenvalue weighted by Gasteiger charge is -2.03. The maximum Gasteiger partial charge on any atom is 0.347 e. The monoisotopic (exact) mass is 308 g/mol. The van der Waals surface area contributed by atoms with Gasteiger partial charge in [0.25, 0.3) is 0 Å². The lowest BCUT2D eigenvalue weighted by Crippen LogP contribution is -1.99. The third-order valence-electron chi connectivity index (χ3n) is 1.96. The van der Waals surface area contributed by atoms with Gasteiger partial charge in [0.05, 0.1) is 4.92 Å². The number of ether oxygens (including phenoxy) is 1. The normalized spacial score (nSPS) is 10.0. The lowest BCUT2D eigenvalue weighted by molar-refractivity contribution is -0.386. The summed E-state index contributed by atoms with van der Waals surface area (Å²) < 4.78 is 5.18. The first-order chi connectivity index (χ1) is 10.1. The Morgan fingerprint density at radius 2 is 2.10 bits per heavy atom. The first kappa shape index (κ1) is 18.6. The van der Waals surface area contributed by atoms with E-state index in [1.54, 1.807) is 24.3 Å². The summed E-state index contributed by atoms with van der Waals surface area (Å²) in [4.78, 5) is 13.7. The van der Waals surface area contributed by atoms with Gasteiger partial charge in [-0.2, -0.15) is 0 Å². The molecular weight excluding hydrogens is 292 g/mol. The molecule has 0 aromatic carbocycles. The number of hydrogen-bond donors (Lipinski definition) is 0. The highest BCUT2D eigenvalue weighted by Crippen LogP contribution is 2.32. The van der Waals surface area contributed by atoms with Crippen LogP contribution in [0.5, 0.6) is 5.75 Å². The van der Waals surface area contributed by atoms with E-state index in [4.69, 9.17) is 16.3 Å². The third-order valence-corrected chi connectivity index (χ3v) is 2.24. The molecule has 0 aliphatic heterocycles. The van der Waals surface area contributed by atoms with Crippen LogP contribution in [0.15, 0.2) is 61.9 Å². The molecule has 1 heterocycles. The summed E-state index contributed by atoms with van der Waals surface area (Å²) in [5.41, 5.74) is -0.323. The van der Waals surface area contributed by atoms with Crippen LogP contribution in [0.2, 0.25) is 5.15 Å². The number of pyridine rings is 1. The van der Waals surface area contributed by atoms with E-state index in [1.165, 1.54) is 12.3 Å². The van der Waals surface area contributed by atoms with Gasteiger partial charge < -0.3 is 4.74 Å². The van der Waals surface area contributed by atoms with Gasteiger partial charge >= 0.3 is 5.69 Å². The van der Waals surface area contributed by atoms with Gasteiger partial charge in [-0.3, -0.25) is 10.1 Å². The average Bonchev–Trinajstić information content (AvgIpc) is 2.45. The zero-order valence-electron chi connectivity index (χ0n) is 11.7. The predicted molar refractivity (Wildman–Crippen MR) is 85.7 cm³/mol. The molecule has 0 bridgehead atoms. The second-order valence-electron chi connectivity index (χ2n) is 3.44. The maximum atomic E-state index is 10.7. The molecular formula is C15H17ClN2O3. The zero-order valence-corrected chi connectivity index (χ0v) is 12.5. The van der Waals surface area contributed by atoms with Crippen molar-refractivity contribution in [3.05, 3.63) is 77.1 Å². The fraction of sp³-hybridized carbons (Fsp3) is 0.133. The Morgan fingerprint density at radius 3 is 2.57 bits per heavy atom. The number of halogens is 1. The molecule has 0 saturated carbocycles. The number of aromatic nitrogens is 1. The highest BCUT2D eigenvalue weighted by molar-refractivity contribution is 6.31. The van der Waals surface area contributed by atoms with Gasteiger partial charge in [-0.1, -0.05) is 55.1 Å². The van der Waals surface area contributed by atoms with Gasteiger partial charge in [0.15, 0.2) is 0 Å². The Morgan fingerprint density at radius 1 is 1.43 bits per heavy atom. The number of hydrogen-bond acceptors (Lipinski definition) is 4. The fourth-order valence-corrected chi connectivity index (χ4v) is 1.34. The summed E-state index contributed by atoms with van der Waals surface area (Å²) in [7, 11) is 0. The van der Waals surface area contributed by atoms with Crippen molar-refractivity contribution in [1.29, 1.82) is 0 Å². The van der Waals surface area contributed by atoms with Crippen LogP contribution in [0, 0.1) is 10.1 Å². The smallest absolute Gasteiger partial charge is 0.347 e. The molecule has 0 unspecified atom stereocenters. The van der Waals surface area contributed by atoms with Gasteiger partial charge in [-0.15, -0.1) is 0 Å². The van der Waals surface area contributed by atoms with Crippen LogP contribution in [0.3, 0.4) is 0 Å². The average molecular weight is 309 g/mol. The molecule has 1 rings (SSSR count). The second-order valence-corrected chi connectivity index (χ2v) is 3.80. The van der Waals surface area contributed by atoms with E-state index < -0.39 is 4.92 Å². The van der Waals surface area contributed by atoms with Crippen LogP contribution in [0.4, 0.5) is 5.69 Å². The summed E-state index contributed by atoms with van der Waals surface area (Å²) in [5.74, 6) is 0.0960. The molecule has 0 spiro atoms. The van der Waals surface area contributed by atoms with E-state index in [1.807, 2.05) is 19.1 Å². The zero-order chi connectivity index (χ0) is 16.1. The van der Waals surface area contributed by atoms with Gasteiger partial charge in [0, 0.05) is 12.3 Å². The van der Waals surface area contributed by atoms with Crippen LogP contribution >= 0.6 is 11.6 Å². The van der Waals surface area contributed by atoms with E-state index in [0.29, 0.717) is 0 Å². The van der Waals surface area contributed by atoms with Crippen LogP contribution in [0.1, 0.15) is 6.92 Å². The minimum atomic E-state index is -0.623. The Balaban J connectivity index is 0.000000690. The molecule has 0 N–H and O–H groups in total. The molecule has 112 valence electrons. The number of rotatable bonds is 6. The highest BCUT2D eigenvalue weighted by atomic mass is 35.5. The van der Waals surface area contributed by atoms with Crippen molar-refractivity contribution in [2.75, 3.05) is 6.61 Å². The third kappa shape index (κ3) is 7.69. The number of nitrogens with zero attached hydrogens (tertiary/aromatic N) is 2. The Bertz CT molecular complexity index is 540. The van der Waals surface area contributed by atoms with Crippen molar-refractivity contribution in [1.82, 2.24) is 4.98 Å². The summed E-state index contributed by atoms with van der Waals surface area (Å²) in [6.45, 7) is 9.11. The number of allylic oxidation sites excluding steroid dienone is 5. The summed E-state index contributed by atoms with van der Waals surface area (Å²) in [6, 6.07) is 1.39. The first-order valence-corrected chi connectivity index (χ1v) is 6.39. The van der Waals surface area contributed by atoms with Crippen molar-refractivity contribution in [3.63, 3.8) is 0 Å². The van der Waals surface area contributed by atoms with E-state index in [-0.39, 0.29) is 23.2 Å². The summed E-state index contributed by atoms with van der Waals surface area (Å²) in [6.07, 6.45) is 11.9. The van der Waals surface area contributed by atoms with E-state index in [0.717, 1.165) is 0 Å². The van der Waals surface area contributed by atoms with Crippen molar-refractivity contribution in [3.8, 4) is 5.75 Å². The summed E-state index contributed by atoms with van der Waals surface area (Å²) >= 11 is 5.60. The topological polar surface area (TPSA) is 65.3 Å².